The van der Waals surface area contributed by atoms with Crippen LogP contribution in [0, 0.1) is 0 Å². The van der Waals surface area contributed by atoms with E-state index in [2.05, 4.69) is 10.9 Å². The summed E-state index contributed by atoms with van der Waals surface area (Å²) in [5.74, 6) is -0.722. The number of amides is 1. The van der Waals surface area contributed by atoms with Gasteiger partial charge in [-0.3, -0.25) is 15.0 Å². The van der Waals surface area contributed by atoms with Crippen molar-refractivity contribution in [2.75, 3.05) is 0 Å². The summed E-state index contributed by atoms with van der Waals surface area (Å²) in [6.45, 7) is 0. The molecule has 0 fully saturated rings. The summed E-state index contributed by atoms with van der Waals surface area (Å²) in [5.41, 5.74) is 5.55. The molecule has 2 N–H and O–H groups in total. The van der Waals surface area contributed by atoms with E-state index in [-0.39, 0.29) is 12.2 Å². The van der Waals surface area contributed by atoms with Crippen molar-refractivity contribution < 1.29 is 22.8 Å². The molecule has 7 heteroatoms. The number of hydrogen-bond acceptors (Lipinski definition) is 3. The number of rotatable bonds is 3. The smallest absolute Gasteiger partial charge is 0.303 e. The Balaban J connectivity index is 1.97. The van der Waals surface area contributed by atoms with Crippen molar-refractivity contribution in [3.05, 3.63) is 47.2 Å². The van der Waals surface area contributed by atoms with Crippen molar-refractivity contribution >= 4 is 11.7 Å². The minimum Gasteiger partial charge on any atom is -0.303 e. The molecule has 1 amide bonds. The van der Waals surface area contributed by atoms with E-state index in [9.17, 15) is 22.8 Å². The van der Waals surface area contributed by atoms with E-state index in [0.717, 1.165) is 12.1 Å². The molecule has 0 bridgehead atoms. The first-order valence-corrected chi connectivity index (χ1v) is 6.29. The lowest BCUT2D eigenvalue weighted by Crippen LogP contribution is -2.35. The monoisotopic (exact) mass is 298 g/mol. The van der Waals surface area contributed by atoms with Gasteiger partial charge < -0.3 is 5.43 Å². The Morgan fingerprint density at radius 2 is 1.67 bits per heavy atom. The van der Waals surface area contributed by atoms with Crippen LogP contribution in [-0.4, -0.2) is 11.7 Å². The molecule has 0 spiro atoms. The molecule has 1 aliphatic rings. The molecule has 0 atom stereocenters. The summed E-state index contributed by atoms with van der Waals surface area (Å²) in [6, 6.07) is 4.86. The highest BCUT2D eigenvalue weighted by Crippen LogP contribution is 2.29. The minimum atomic E-state index is -4.35. The third-order valence-corrected chi connectivity index (χ3v) is 3.00. The molecule has 0 aliphatic carbocycles. The molecule has 0 saturated heterocycles. The van der Waals surface area contributed by atoms with Gasteiger partial charge in [-0.25, -0.2) is 0 Å². The molecule has 4 nitrogen and oxygen atoms in total. The summed E-state index contributed by atoms with van der Waals surface area (Å²) in [7, 11) is 0. The van der Waals surface area contributed by atoms with Crippen LogP contribution in [0.3, 0.4) is 0 Å². The third-order valence-electron chi connectivity index (χ3n) is 3.00. The number of hydrogen-bond donors (Lipinski definition) is 2. The number of ketones is 1. The topological polar surface area (TPSA) is 58.2 Å². The molecule has 112 valence electrons. The number of hydrazine groups is 1. The second-order valence-corrected chi connectivity index (χ2v) is 4.68. The summed E-state index contributed by atoms with van der Waals surface area (Å²) in [5, 5.41) is 0. The zero-order chi connectivity index (χ0) is 15.5. The Morgan fingerprint density at radius 3 is 2.29 bits per heavy atom. The number of alkyl halides is 3. The first-order chi connectivity index (χ1) is 9.84. The van der Waals surface area contributed by atoms with Crippen LogP contribution in [-0.2, 0) is 22.2 Å². The van der Waals surface area contributed by atoms with Gasteiger partial charge in [0.1, 0.15) is 0 Å². The number of halogens is 3. The second kappa shape index (κ2) is 5.99. The molecule has 2 rings (SSSR count). The quantitative estimate of drug-likeness (QED) is 0.840. The van der Waals surface area contributed by atoms with Crippen molar-refractivity contribution in [2.24, 2.45) is 0 Å². The Hall–Kier alpha value is -2.31. The van der Waals surface area contributed by atoms with Crippen LogP contribution in [0.2, 0.25) is 0 Å². The van der Waals surface area contributed by atoms with E-state index in [0.29, 0.717) is 24.1 Å². The zero-order valence-electron chi connectivity index (χ0n) is 11.0. The Bertz CT molecular complexity index is 577. The maximum atomic E-state index is 12.4. The van der Waals surface area contributed by atoms with E-state index >= 15 is 0 Å². The molecule has 0 radical (unpaired) electrons. The molecule has 1 heterocycles. The molecule has 1 aromatic carbocycles. The van der Waals surface area contributed by atoms with Crippen LogP contribution < -0.4 is 10.9 Å². The highest BCUT2D eigenvalue weighted by molar-refractivity contribution is 6.04. The van der Waals surface area contributed by atoms with Gasteiger partial charge in [0, 0.05) is 11.8 Å². The summed E-state index contributed by atoms with van der Waals surface area (Å²) in [4.78, 5) is 22.5. The van der Waals surface area contributed by atoms with Crippen molar-refractivity contribution in [1.29, 1.82) is 0 Å². The van der Waals surface area contributed by atoms with Gasteiger partial charge in [-0.05, 0) is 30.5 Å². The molecule has 1 aromatic rings. The van der Waals surface area contributed by atoms with Crippen LogP contribution in [0.1, 0.15) is 24.0 Å². The molecular weight excluding hydrogens is 285 g/mol. The van der Waals surface area contributed by atoms with E-state index in [4.69, 9.17) is 0 Å². The Morgan fingerprint density at radius 1 is 1.00 bits per heavy atom. The van der Waals surface area contributed by atoms with Crippen LogP contribution in [0.5, 0.6) is 0 Å². The largest absolute Gasteiger partial charge is 0.416 e. The standard InChI is InChI=1S/C14H13F3N2O2/c15-14(16,17)10-4-1-9(2-5-10)3-6-11-7-12(20)8-13(21)19-18-11/h1-2,4-5,7,18H,3,6,8H2,(H,19,21). The number of nitrogens with one attached hydrogen (secondary N) is 2. The molecule has 21 heavy (non-hydrogen) atoms. The first-order valence-electron chi connectivity index (χ1n) is 6.29. The van der Waals surface area contributed by atoms with Crippen LogP contribution in [0.4, 0.5) is 13.2 Å². The zero-order valence-corrected chi connectivity index (χ0v) is 11.0. The Labute approximate surface area is 119 Å². The van der Waals surface area contributed by atoms with Gasteiger partial charge in [0.2, 0.25) is 5.91 Å². The predicted octanol–water partition coefficient (Wildman–Crippen LogP) is 2.12. The van der Waals surface area contributed by atoms with Crippen molar-refractivity contribution in [2.45, 2.75) is 25.4 Å². The maximum absolute atomic E-state index is 12.4. The van der Waals surface area contributed by atoms with Crippen LogP contribution >= 0.6 is 0 Å². The summed E-state index contributed by atoms with van der Waals surface area (Å²) in [6.07, 6.45) is -2.35. The molecule has 0 unspecified atom stereocenters. The number of carbonyl (C=O) groups excluding carboxylic acids is 2. The minimum absolute atomic E-state index is 0.212. The lowest BCUT2D eigenvalue weighted by molar-refractivity contribution is -0.137. The third kappa shape index (κ3) is 4.34. The average molecular weight is 298 g/mol. The average Bonchev–Trinajstić information content (AvgIpc) is 2.56. The van der Waals surface area contributed by atoms with E-state index in [1.165, 1.54) is 18.2 Å². The lowest BCUT2D eigenvalue weighted by atomic mass is 10.1. The van der Waals surface area contributed by atoms with Crippen molar-refractivity contribution in [1.82, 2.24) is 10.9 Å². The van der Waals surface area contributed by atoms with Gasteiger partial charge in [-0.2, -0.15) is 13.2 Å². The maximum Gasteiger partial charge on any atom is 0.416 e. The lowest BCUT2D eigenvalue weighted by Gasteiger charge is -2.10. The van der Waals surface area contributed by atoms with Gasteiger partial charge in [0.15, 0.2) is 5.78 Å². The number of aryl methyl sites for hydroxylation is 1. The SMILES string of the molecule is O=C1C=C(CCc2ccc(C(F)(F)F)cc2)NNC(=O)C1. The van der Waals surface area contributed by atoms with Gasteiger partial charge >= 0.3 is 6.18 Å². The molecular formula is C14H13F3N2O2. The molecule has 0 saturated carbocycles. The fourth-order valence-corrected chi connectivity index (χ4v) is 1.91. The second-order valence-electron chi connectivity index (χ2n) is 4.68. The van der Waals surface area contributed by atoms with Crippen LogP contribution in [0.25, 0.3) is 0 Å². The highest BCUT2D eigenvalue weighted by atomic mass is 19.4. The fourth-order valence-electron chi connectivity index (χ4n) is 1.91. The van der Waals surface area contributed by atoms with E-state index in [1.807, 2.05) is 0 Å². The first kappa shape index (κ1) is 15.1. The normalized spacial score (nSPS) is 15.9. The van der Waals surface area contributed by atoms with Gasteiger partial charge in [0.05, 0.1) is 12.0 Å². The van der Waals surface area contributed by atoms with E-state index < -0.39 is 17.6 Å². The van der Waals surface area contributed by atoms with E-state index in [1.54, 1.807) is 0 Å². The van der Waals surface area contributed by atoms with Crippen LogP contribution in [0.15, 0.2) is 36.0 Å². The number of allylic oxidation sites excluding steroid dienone is 2. The summed E-state index contributed by atoms with van der Waals surface area (Å²) < 4.78 is 37.3. The molecule has 1 aliphatic heterocycles. The van der Waals surface area contributed by atoms with Crippen molar-refractivity contribution in [3.63, 3.8) is 0 Å². The number of carbonyl (C=O) groups is 2. The summed E-state index contributed by atoms with van der Waals surface area (Å²) >= 11 is 0. The fraction of sp³-hybridized carbons (Fsp3) is 0.286. The van der Waals surface area contributed by atoms with Gasteiger partial charge in [-0.15, -0.1) is 0 Å². The van der Waals surface area contributed by atoms with Crippen molar-refractivity contribution in [3.8, 4) is 0 Å². The molecule has 0 aromatic heterocycles. The predicted molar refractivity (Wildman–Crippen MR) is 68.8 cm³/mol. The van der Waals surface area contributed by atoms with Gasteiger partial charge in [-0.1, -0.05) is 12.1 Å². The number of benzene rings is 1. The Kier molecular flexibility index (Phi) is 4.30. The highest BCUT2D eigenvalue weighted by Gasteiger charge is 2.29. The van der Waals surface area contributed by atoms with Gasteiger partial charge in [0.25, 0.3) is 0 Å².